The van der Waals surface area contributed by atoms with Crippen LogP contribution < -0.4 is 16.6 Å². The van der Waals surface area contributed by atoms with Crippen molar-refractivity contribution in [3.05, 3.63) is 81.0 Å². The monoisotopic (exact) mass is 411 g/mol. The standard InChI is InChI=1S/C21H21N3O6/c1-23-16-10-6-5-9-14(16)19(27)24(21(23)30)17(11-13-7-3-2-4-8-13)18(26)22-15(12-25)20(28)29/h2-10,15,17,25H,11-12H2,1H3,(H,22,26)(H,28,29)/t15-,17-/m0/s1. The average Bonchev–Trinajstić information content (AvgIpc) is 2.75. The Hall–Kier alpha value is -3.72. The lowest BCUT2D eigenvalue weighted by Gasteiger charge is -2.22. The van der Waals surface area contributed by atoms with Crippen LogP contribution in [0.1, 0.15) is 11.6 Å². The maximum atomic E-state index is 13.1. The number of hydrogen-bond donors (Lipinski definition) is 3. The van der Waals surface area contributed by atoms with E-state index in [0.29, 0.717) is 11.1 Å². The van der Waals surface area contributed by atoms with Gasteiger partial charge in [-0.1, -0.05) is 42.5 Å². The number of aliphatic hydroxyl groups is 1. The van der Waals surface area contributed by atoms with E-state index in [1.165, 1.54) is 11.6 Å². The molecule has 1 heterocycles. The molecule has 0 aliphatic rings. The van der Waals surface area contributed by atoms with Gasteiger partial charge in [-0.25, -0.2) is 14.2 Å². The third-order valence-electron chi connectivity index (χ3n) is 4.89. The second kappa shape index (κ2) is 8.75. The Labute approximate surface area is 170 Å². The van der Waals surface area contributed by atoms with Crippen LogP contribution >= 0.6 is 0 Å². The van der Waals surface area contributed by atoms with Crippen LogP contribution in [0.15, 0.2) is 64.2 Å². The van der Waals surface area contributed by atoms with Crippen LogP contribution in [-0.2, 0) is 23.1 Å². The van der Waals surface area contributed by atoms with Crippen molar-refractivity contribution >= 4 is 22.8 Å². The smallest absolute Gasteiger partial charge is 0.331 e. The number of fused-ring (bicyclic) bond motifs is 1. The summed E-state index contributed by atoms with van der Waals surface area (Å²) in [5.74, 6) is -2.28. The number of aliphatic carboxylic acids is 1. The molecule has 1 aromatic heterocycles. The molecule has 9 heteroatoms. The average molecular weight is 411 g/mol. The molecule has 3 N–H and O–H groups in total. The van der Waals surface area contributed by atoms with E-state index in [9.17, 15) is 24.3 Å². The van der Waals surface area contributed by atoms with E-state index in [-0.39, 0.29) is 11.8 Å². The van der Waals surface area contributed by atoms with Crippen LogP contribution in [0.4, 0.5) is 0 Å². The van der Waals surface area contributed by atoms with Crippen LogP contribution in [0.3, 0.4) is 0 Å². The zero-order chi connectivity index (χ0) is 21.8. The molecule has 9 nitrogen and oxygen atoms in total. The molecule has 0 saturated carbocycles. The van der Waals surface area contributed by atoms with E-state index in [0.717, 1.165) is 4.57 Å². The molecule has 0 aliphatic heterocycles. The third kappa shape index (κ3) is 4.01. The van der Waals surface area contributed by atoms with Gasteiger partial charge < -0.3 is 15.5 Å². The number of amides is 1. The van der Waals surface area contributed by atoms with Gasteiger partial charge in [0, 0.05) is 13.5 Å². The Bertz CT molecular complexity index is 1200. The summed E-state index contributed by atoms with van der Waals surface area (Å²) >= 11 is 0. The molecular weight excluding hydrogens is 390 g/mol. The molecule has 0 bridgehead atoms. The molecule has 0 spiro atoms. The summed E-state index contributed by atoms with van der Waals surface area (Å²) in [6.45, 7) is -0.830. The van der Waals surface area contributed by atoms with Gasteiger partial charge in [-0.15, -0.1) is 0 Å². The fourth-order valence-electron chi connectivity index (χ4n) is 3.30. The predicted molar refractivity (Wildman–Crippen MR) is 109 cm³/mol. The Morgan fingerprint density at radius 2 is 1.67 bits per heavy atom. The minimum absolute atomic E-state index is 0.0159. The number of carbonyl (C=O) groups excluding carboxylic acids is 1. The molecule has 0 saturated heterocycles. The Balaban J connectivity index is 2.17. The summed E-state index contributed by atoms with van der Waals surface area (Å²) in [5.41, 5.74) is -0.261. The number of carboxylic acids is 1. The van der Waals surface area contributed by atoms with Gasteiger partial charge in [0.05, 0.1) is 17.5 Å². The number of carboxylic acid groups (broad SMARTS) is 1. The van der Waals surface area contributed by atoms with E-state index in [1.54, 1.807) is 54.6 Å². The number of carbonyl (C=O) groups is 2. The fraction of sp³-hybridized carbons (Fsp3) is 0.238. The fourth-order valence-corrected chi connectivity index (χ4v) is 3.30. The van der Waals surface area contributed by atoms with Crippen LogP contribution in [-0.4, -0.2) is 43.9 Å². The molecule has 2 atom stereocenters. The minimum atomic E-state index is -1.56. The van der Waals surface area contributed by atoms with Crippen molar-refractivity contribution in [2.45, 2.75) is 18.5 Å². The van der Waals surface area contributed by atoms with Crippen molar-refractivity contribution in [3.8, 4) is 0 Å². The number of rotatable bonds is 7. The van der Waals surface area contributed by atoms with Crippen molar-refractivity contribution in [1.82, 2.24) is 14.5 Å². The summed E-state index contributed by atoms with van der Waals surface area (Å²) in [4.78, 5) is 50.4. The van der Waals surface area contributed by atoms with Crippen molar-refractivity contribution in [1.29, 1.82) is 0 Å². The van der Waals surface area contributed by atoms with Gasteiger partial charge in [-0.2, -0.15) is 0 Å². The second-order valence-electron chi connectivity index (χ2n) is 6.82. The molecule has 3 rings (SSSR count). The van der Waals surface area contributed by atoms with E-state index in [2.05, 4.69) is 5.32 Å². The first-order valence-corrected chi connectivity index (χ1v) is 9.23. The summed E-state index contributed by atoms with van der Waals surface area (Å²) in [7, 11) is 1.49. The number of aryl methyl sites for hydroxylation is 1. The molecule has 156 valence electrons. The van der Waals surface area contributed by atoms with Gasteiger partial charge in [0.1, 0.15) is 12.1 Å². The number of aliphatic hydroxyl groups excluding tert-OH is 1. The van der Waals surface area contributed by atoms with E-state index >= 15 is 0 Å². The lowest BCUT2D eigenvalue weighted by Crippen LogP contribution is -2.51. The molecule has 0 aliphatic carbocycles. The van der Waals surface area contributed by atoms with Gasteiger partial charge >= 0.3 is 11.7 Å². The number of aromatic nitrogens is 2. The highest BCUT2D eigenvalue weighted by Gasteiger charge is 2.29. The number of nitrogens with one attached hydrogen (secondary N) is 1. The third-order valence-corrected chi connectivity index (χ3v) is 4.89. The van der Waals surface area contributed by atoms with Gasteiger partial charge in [0.2, 0.25) is 5.91 Å². The minimum Gasteiger partial charge on any atom is -0.480 e. The van der Waals surface area contributed by atoms with E-state index < -0.39 is 41.8 Å². The molecule has 1 amide bonds. The highest BCUT2D eigenvalue weighted by atomic mass is 16.4. The molecule has 0 unspecified atom stereocenters. The first kappa shape index (κ1) is 21.0. The molecule has 2 aromatic carbocycles. The highest BCUT2D eigenvalue weighted by Crippen LogP contribution is 2.14. The zero-order valence-electron chi connectivity index (χ0n) is 16.2. The summed E-state index contributed by atoms with van der Waals surface area (Å²) in [6, 6.07) is 12.4. The summed E-state index contributed by atoms with van der Waals surface area (Å²) < 4.78 is 2.10. The van der Waals surface area contributed by atoms with Gasteiger partial charge in [-0.05, 0) is 17.7 Å². The van der Waals surface area contributed by atoms with Gasteiger partial charge in [0.15, 0.2) is 0 Å². The van der Waals surface area contributed by atoms with Crippen LogP contribution in [0, 0.1) is 0 Å². The molecule has 0 fully saturated rings. The highest BCUT2D eigenvalue weighted by molar-refractivity contribution is 5.86. The zero-order valence-corrected chi connectivity index (χ0v) is 16.2. The number of para-hydroxylation sites is 1. The second-order valence-corrected chi connectivity index (χ2v) is 6.82. The number of hydrogen-bond acceptors (Lipinski definition) is 5. The van der Waals surface area contributed by atoms with E-state index in [1.807, 2.05) is 0 Å². The first-order valence-electron chi connectivity index (χ1n) is 9.23. The predicted octanol–water partition coefficient (Wildman–Crippen LogP) is 0.0457. The molecule has 30 heavy (non-hydrogen) atoms. The Morgan fingerprint density at radius 3 is 2.30 bits per heavy atom. The first-order chi connectivity index (χ1) is 14.3. The normalized spacial score (nSPS) is 13.0. The van der Waals surface area contributed by atoms with Crippen molar-refractivity contribution in [2.24, 2.45) is 7.05 Å². The SMILES string of the molecule is Cn1c(=O)n([C@@H](Cc2ccccc2)C(=O)N[C@@H](CO)C(=O)O)c(=O)c2ccccc21. The van der Waals surface area contributed by atoms with Gasteiger partial charge in [0.25, 0.3) is 5.56 Å². The van der Waals surface area contributed by atoms with Crippen LogP contribution in [0.5, 0.6) is 0 Å². The summed E-state index contributed by atoms with van der Waals surface area (Å²) in [6.07, 6.45) is -0.0159. The van der Waals surface area contributed by atoms with Crippen LogP contribution in [0.25, 0.3) is 10.9 Å². The molecule has 3 aromatic rings. The lowest BCUT2D eigenvalue weighted by molar-refractivity contribution is -0.143. The van der Waals surface area contributed by atoms with Crippen LogP contribution in [0.2, 0.25) is 0 Å². The number of nitrogens with zero attached hydrogens (tertiary/aromatic N) is 2. The van der Waals surface area contributed by atoms with Gasteiger partial charge in [-0.3, -0.25) is 14.2 Å². The van der Waals surface area contributed by atoms with E-state index in [4.69, 9.17) is 5.11 Å². The lowest BCUT2D eigenvalue weighted by atomic mass is 10.0. The van der Waals surface area contributed by atoms with Crippen molar-refractivity contribution < 1.29 is 19.8 Å². The molecule has 0 radical (unpaired) electrons. The topological polar surface area (TPSA) is 131 Å². The molecular formula is C21H21N3O6. The maximum absolute atomic E-state index is 13.1. The number of benzene rings is 2. The Morgan fingerprint density at radius 1 is 1.03 bits per heavy atom. The largest absolute Gasteiger partial charge is 0.480 e. The quantitative estimate of drug-likeness (QED) is 0.503. The summed E-state index contributed by atoms with van der Waals surface area (Å²) in [5, 5.41) is 20.9. The van der Waals surface area contributed by atoms with Crippen molar-refractivity contribution in [2.75, 3.05) is 6.61 Å². The maximum Gasteiger partial charge on any atom is 0.331 e. The Kier molecular flexibility index (Phi) is 6.12. The van der Waals surface area contributed by atoms with Crippen molar-refractivity contribution in [3.63, 3.8) is 0 Å².